The lowest BCUT2D eigenvalue weighted by Crippen LogP contribution is -2.13. The lowest BCUT2D eigenvalue weighted by Gasteiger charge is -2.12. The summed E-state index contributed by atoms with van der Waals surface area (Å²) in [6.07, 6.45) is 0. The first kappa shape index (κ1) is 19.8. The summed E-state index contributed by atoms with van der Waals surface area (Å²) >= 11 is 3.27. The van der Waals surface area contributed by atoms with Crippen LogP contribution in [-0.2, 0) is 14.9 Å². The lowest BCUT2D eigenvalue weighted by molar-refractivity contribution is -0.132. The van der Waals surface area contributed by atoms with Crippen LogP contribution in [0.15, 0.2) is 45.6 Å². The molecule has 6 nitrogen and oxygen atoms in total. The Morgan fingerprint density at radius 3 is 2.29 bits per heavy atom. The van der Waals surface area contributed by atoms with Gasteiger partial charge in [-0.15, -0.1) is 0 Å². The van der Waals surface area contributed by atoms with Gasteiger partial charge in [-0.2, -0.15) is 0 Å². The van der Waals surface area contributed by atoms with Gasteiger partial charge in [0.25, 0.3) is 0 Å². The van der Waals surface area contributed by atoms with Crippen molar-refractivity contribution in [3.8, 4) is 22.8 Å². The van der Waals surface area contributed by atoms with Gasteiger partial charge in [0.15, 0.2) is 0 Å². The average Bonchev–Trinajstić information content (AvgIpc) is 2.60. The van der Waals surface area contributed by atoms with Gasteiger partial charge in [0, 0.05) is 36.9 Å². The smallest absolute Gasteiger partial charge is 0.308 e. The van der Waals surface area contributed by atoms with Gasteiger partial charge < -0.3 is 13.9 Å². The van der Waals surface area contributed by atoms with Gasteiger partial charge >= 0.3 is 11.9 Å². The number of hydrogen-bond donors (Lipinski definition) is 0. The molecule has 0 atom stereocenters. The molecule has 144 valence electrons. The summed E-state index contributed by atoms with van der Waals surface area (Å²) in [7, 11) is 0. The molecule has 0 aliphatic rings. The minimum atomic E-state index is -0.649. The molecule has 1 aromatic heterocycles. The zero-order valence-corrected chi connectivity index (χ0v) is 16.5. The van der Waals surface area contributed by atoms with E-state index in [-0.39, 0.29) is 39.1 Å². The Bertz CT molecular complexity index is 1130. The predicted octanol–water partition coefficient (Wildman–Crippen LogP) is 4.34. The van der Waals surface area contributed by atoms with Crippen LogP contribution in [-0.4, -0.2) is 11.9 Å². The zero-order valence-electron chi connectivity index (χ0n) is 14.9. The highest BCUT2D eigenvalue weighted by Crippen LogP contribution is 2.34. The number of carbonyl (C=O) groups excluding carboxylic acids is 2. The molecule has 2 aromatic carbocycles. The highest BCUT2D eigenvalue weighted by atomic mass is 79.9. The SMILES string of the molecule is CC(=O)Oc1cc(OC(C)=O)c2c(=O)c(CBr)c(-c3ccc(F)cc3)oc2c1. The number of halogens is 2. The first-order valence-corrected chi connectivity index (χ1v) is 9.24. The first-order chi connectivity index (χ1) is 13.3. The fraction of sp³-hybridized carbons (Fsp3) is 0.150. The molecule has 0 amide bonds. The number of rotatable bonds is 4. The van der Waals surface area contributed by atoms with Gasteiger partial charge in [0.05, 0.1) is 5.56 Å². The summed E-state index contributed by atoms with van der Waals surface area (Å²) in [5.41, 5.74) is 0.390. The highest BCUT2D eigenvalue weighted by molar-refractivity contribution is 9.08. The standard InChI is InChI=1S/C20H14BrFO6/c1-10(23)26-14-7-16(27-11(2)24)18-17(8-14)28-20(15(9-21)19(18)25)12-3-5-13(22)6-4-12/h3-8H,9H2,1-2H3. The van der Waals surface area contributed by atoms with E-state index in [1.54, 1.807) is 0 Å². The number of esters is 2. The average molecular weight is 449 g/mol. The Morgan fingerprint density at radius 1 is 1.07 bits per heavy atom. The van der Waals surface area contributed by atoms with Gasteiger partial charge in [0.1, 0.15) is 34.0 Å². The van der Waals surface area contributed by atoms with Gasteiger partial charge in [-0.1, -0.05) is 15.9 Å². The summed E-state index contributed by atoms with van der Waals surface area (Å²) in [6, 6.07) is 8.09. The second-order valence-corrected chi connectivity index (χ2v) is 6.42. The molecule has 0 aliphatic heterocycles. The maximum atomic E-state index is 13.3. The minimum absolute atomic E-state index is 0.0337. The van der Waals surface area contributed by atoms with E-state index in [4.69, 9.17) is 13.9 Å². The van der Waals surface area contributed by atoms with Crippen molar-refractivity contribution in [1.82, 2.24) is 0 Å². The van der Waals surface area contributed by atoms with Crippen LogP contribution in [0.4, 0.5) is 4.39 Å². The molecule has 8 heteroatoms. The van der Waals surface area contributed by atoms with E-state index in [1.807, 2.05) is 0 Å². The number of hydrogen-bond acceptors (Lipinski definition) is 6. The van der Waals surface area contributed by atoms with Crippen molar-refractivity contribution in [1.29, 1.82) is 0 Å². The lowest BCUT2D eigenvalue weighted by atomic mass is 10.0. The molecule has 0 radical (unpaired) electrons. The second kappa shape index (κ2) is 7.93. The molecule has 0 spiro atoms. The summed E-state index contributed by atoms with van der Waals surface area (Å²) < 4.78 is 29.4. The van der Waals surface area contributed by atoms with Crippen LogP contribution >= 0.6 is 15.9 Å². The first-order valence-electron chi connectivity index (χ1n) is 8.12. The van der Waals surface area contributed by atoms with Crippen molar-refractivity contribution in [2.75, 3.05) is 0 Å². The molecule has 0 saturated carbocycles. The van der Waals surface area contributed by atoms with E-state index >= 15 is 0 Å². The summed E-state index contributed by atoms with van der Waals surface area (Å²) in [4.78, 5) is 35.9. The van der Waals surface area contributed by atoms with E-state index in [1.165, 1.54) is 50.2 Å². The molecule has 0 N–H and O–H groups in total. The molecule has 3 aromatic rings. The van der Waals surface area contributed by atoms with Gasteiger partial charge in [-0.05, 0) is 24.3 Å². The maximum absolute atomic E-state index is 13.3. The van der Waals surface area contributed by atoms with Crippen molar-refractivity contribution in [2.45, 2.75) is 19.2 Å². The molecule has 1 heterocycles. The fourth-order valence-corrected chi connectivity index (χ4v) is 3.22. The van der Waals surface area contributed by atoms with E-state index in [0.717, 1.165) is 0 Å². The Hall–Kier alpha value is -3.00. The maximum Gasteiger partial charge on any atom is 0.308 e. The van der Waals surface area contributed by atoms with Crippen molar-refractivity contribution in [2.24, 2.45) is 0 Å². The summed E-state index contributed by atoms with van der Waals surface area (Å²) in [6.45, 7) is 2.40. The number of ether oxygens (including phenoxy) is 2. The minimum Gasteiger partial charge on any atom is -0.455 e. The zero-order chi connectivity index (χ0) is 20.4. The van der Waals surface area contributed by atoms with Crippen molar-refractivity contribution >= 4 is 38.8 Å². The van der Waals surface area contributed by atoms with Crippen LogP contribution in [0.5, 0.6) is 11.5 Å². The fourth-order valence-electron chi connectivity index (χ4n) is 2.71. The number of benzene rings is 2. The third kappa shape index (κ3) is 3.96. The van der Waals surface area contributed by atoms with Crippen LogP contribution < -0.4 is 14.9 Å². The molecule has 0 unspecified atom stereocenters. The van der Waals surface area contributed by atoms with Gasteiger partial charge in [0.2, 0.25) is 5.43 Å². The third-order valence-corrected chi connectivity index (χ3v) is 4.34. The van der Waals surface area contributed by atoms with Crippen molar-refractivity contribution < 1.29 is 27.9 Å². The molecular weight excluding hydrogens is 435 g/mol. The van der Waals surface area contributed by atoms with Crippen molar-refractivity contribution in [3.63, 3.8) is 0 Å². The molecule has 0 fully saturated rings. The number of carbonyl (C=O) groups is 2. The van der Waals surface area contributed by atoms with Crippen LogP contribution in [0.25, 0.3) is 22.3 Å². The Kier molecular flexibility index (Phi) is 5.60. The highest BCUT2D eigenvalue weighted by Gasteiger charge is 2.21. The molecule has 3 rings (SSSR count). The van der Waals surface area contributed by atoms with Crippen LogP contribution in [0, 0.1) is 5.82 Å². The van der Waals surface area contributed by atoms with Gasteiger partial charge in [-0.3, -0.25) is 14.4 Å². The van der Waals surface area contributed by atoms with E-state index < -0.39 is 23.2 Å². The monoisotopic (exact) mass is 448 g/mol. The second-order valence-electron chi connectivity index (χ2n) is 5.86. The quantitative estimate of drug-likeness (QED) is 0.335. The van der Waals surface area contributed by atoms with E-state index in [9.17, 15) is 18.8 Å². The molecular formula is C20H14BrFO6. The number of alkyl halides is 1. The topological polar surface area (TPSA) is 82.8 Å². The Morgan fingerprint density at radius 2 is 1.71 bits per heavy atom. The molecule has 0 aliphatic carbocycles. The van der Waals surface area contributed by atoms with E-state index in [0.29, 0.717) is 5.56 Å². The third-order valence-electron chi connectivity index (χ3n) is 3.78. The van der Waals surface area contributed by atoms with Crippen molar-refractivity contribution in [3.05, 3.63) is 58.0 Å². The molecule has 0 saturated heterocycles. The Balaban J connectivity index is 2.35. The van der Waals surface area contributed by atoms with Crippen LogP contribution in [0.2, 0.25) is 0 Å². The van der Waals surface area contributed by atoms with Crippen LogP contribution in [0.3, 0.4) is 0 Å². The van der Waals surface area contributed by atoms with Crippen LogP contribution in [0.1, 0.15) is 19.4 Å². The molecule has 28 heavy (non-hydrogen) atoms. The summed E-state index contributed by atoms with van der Waals surface area (Å²) in [5, 5.41) is 0.190. The van der Waals surface area contributed by atoms with E-state index in [2.05, 4.69) is 15.9 Å². The normalized spacial score (nSPS) is 10.7. The molecule has 0 bridgehead atoms. The van der Waals surface area contributed by atoms with Gasteiger partial charge in [-0.25, -0.2) is 4.39 Å². The Labute approximate surface area is 167 Å². The number of fused-ring (bicyclic) bond motifs is 1. The largest absolute Gasteiger partial charge is 0.455 e. The summed E-state index contributed by atoms with van der Waals surface area (Å²) in [5.74, 6) is -1.47. The predicted molar refractivity (Wildman–Crippen MR) is 103 cm³/mol.